The number of allylic oxidation sites excluding steroid dienone is 1. The highest BCUT2D eigenvalue weighted by atomic mass is 14.9. The van der Waals surface area contributed by atoms with Crippen molar-refractivity contribution < 1.29 is 0 Å². The maximum atomic E-state index is 4.71. The van der Waals surface area contributed by atoms with E-state index in [9.17, 15) is 0 Å². The summed E-state index contributed by atoms with van der Waals surface area (Å²) in [5.74, 6) is 0. The highest BCUT2D eigenvalue weighted by Crippen LogP contribution is 2.42. The molecule has 0 unspecified atom stereocenters. The van der Waals surface area contributed by atoms with E-state index in [0.717, 1.165) is 5.22 Å². The maximum Gasteiger partial charge on any atom is 0.0632 e. The van der Waals surface area contributed by atoms with Gasteiger partial charge in [0.15, 0.2) is 0 Å². The Morgan fingerprint density at radius 3 is 2.34 bits per heavy atom. The van der Waals surface area contributed by atoms with Crippen molar-refractivity contribution in [1.82, 2.24) is 9.38 Å². The number of benzene rings is 4. The van der Waals surface area contributed by atoms with Gasteiger partial charge in [0, 0.05) is 33.9 Å². The molecule has 7 rings (SSSR count). The van der Waals surface area contributed by atoms with Gasteiger partial charge in [0.2, 0.25) is 0 Å². The van der Waals surface area contributed by atoms with Gasteiger partial charge in [-0.2, -0.15) is 0 Å². The van der Waals surface area contributed by atoms with E-state index in [4.69, 9.17) is 6.58 Å². The van der Waals surface area contributed by atoms with Crippen molar-refractivity contribution in [2.45, 2.75) is 13.8 Å². The van der Waals surface area contributed by atoms with E-state index in [1.54, 1.807) is 0 Å². The summed E-state index contributed by atoms with van der Waals surface area (Å²) < 4.78 is 2.47. The average Bonchev–Trinajstić information content (AvgIpc) is 3.23. The minimum atomic E-state index is 1.10. The zero-order valence-electron chi connectivity index (χ0n) is 19.8. The normalized spacial score (nSPS) is 12.3. The molecule has 3 heterocycles. The average molecular weight is 449 g/mol. The third kappa shape index (κ3) is 2.62. The Morgan fingerprint density at radius 1 is 0.800 bits per heavy atom. The van der Waals surface area contributed by atoms with Crippen LogP contribution in [-0.2, 0) is 0 Å². The number of rotatable bonds is 2. The monoisotopic (exact) mass is 448 g/mol. The number of pyridine rings is 2. The molecule has 3 aromatic heterocycles. The number of aryl methyl sites for hydroxylation is 1. The van der Waals surface area contributed by atoms with Crippen LogP contribution in [-0.4, -0.2) is 9.38 Å². The van der Waals surface area contributed by atoms with Crippen molar-refractivity contribution in [3.05, 3.63) is 108 Å². The van der Waals surface area contributed by atoms with Crippen molar-refractivity contribution in [2.24, 2.45) is 0 Å². The molecule has 0 bridgehead atoms. The number of nitrogens with zero attached hydrogens (tertiary/aromatic N) is 2. The molecule has 0 atom stereocenters. The fourth-order valence-corrected chi connectivity index (χ4v) is 6.02. The van der Waals surface area contributed by atoms with Crippen molar-refractivity contribution in [3.8, 4) is 11.1 Å². The van der Waals surface area contributed by atoms with Crippen LogP contribution in [0, 0.1) is 6.92 Å². The van der Waals surface area contributed by atoms with Gasteiger partial charge in [0.1, 0.15) is 0 Å². The van der Waals surface area contributed by atoms with E-state index in [0.29, 0.717) is 0 Å². The van der Waals surface area contributed by atoms with E-state index in [1.165, 1.54) is 71.1 Å². The van der Waals surface area contributed by atoms with Crippen LogP contribution in [0.4, 0.5) is 0 Å². The fourth-order valence-electron chi connectivity index (χ4n) is 6.02. The maximum absolute atomic E-state index is 4.71. The molecule has 2 heteroatoms. The fraction of sp³-hybridized carbons (Fsp3) is 0.0606. The Kier molecular flexibility index (Phi) is 4.16. The lowest BCUT2D eigenvalue weighted by atomic mass is 9.91. The van der Waals surface area contributed by atoms with Gasteiger partial charge >= 0.3 is 0 Å². The van der Waals surface area contributed by atoms with Gasteiger partial charge in [-0.25, -0.2) is 0 Å². The summed E-state index contributed by atoms with van der Waals surface area (Å²) in [4.78, 5) is 4.27. The Bertz CT molecular complexity index is 2030. The van der Waals surface area contributed by atoms with Crippen LogP contribution >= 0.6 is 0 Å². The van der Waals surface area contributed by atoms with E-state index in [-0.39, 0.29) is 0 Å². The Hall–Kier alpha value is -4.43. The molecule has 0 aliphatic heterocycles. The van der Waals surface area contributed by atoms with Crippen molar-refractivity contribution >= 4 is 61.5 Å². The molecule has 0 fully saturated rings. The molecule has 0 radical (unpaired) electrons. The van der Waals surface area contributed by atoms with Crippen LogP contribution in [0.25, 0.3) is 72.6 Å². The van der Waals surface area contributed by atoms with Crippen molar-refractivity contribution in [2.75, 3.05) is 0 Å². The van der Waals surface area contributed by atoms with E-state index in [2.05, 4.69) is 108 Å². The second-order valence-corrected chi connectivity index (χ2v) is 9.30. The van der Waals surface area contributed by atoms with Gasteiger partial charge in [-0.05, 0) is 82.4 Å². The summed E-state index contributed by atoms with van der Waals surface area (Å²) in [5.41, 5.74) is 8.54. The zero-order valence-corrected chi connectivity index (χ0v) is 19.8. The summed E-state index contributed by atoms with van der Waals surface area (Å²) in [6, 6.07) is 26.3. The summed E-state index contributed by atoms with van der Waals surface area (Å²) in [6.07, 6.45) is 8.09. The van der Waals surface area contributed by atoms with E-state index < -0.39 is 0 Å². The molecule has 7 aromatic rings. The SMILES string of the molecule is C=c1c2c(C)c3ccccc3cc2n2c3ccccc3c3c(-c4ccncc4)cc(/C=C\C)c1c32. The molecular weight excluding hydrogens is 424 g/mol. The smallest absolute Gasteiger partial charge is 0.0632 e. The first-order valence-corrected chi connectivity index (χ1v) is 12.0. The van der Waals surface area contributed by atoms with Crippen molar-refractivity contribution in [1.29, 1.82) is 0 Å². The molecule has 0 saturated carbocycles. The molecule has 0 spiro atoms. The van der Waals surface area contributed by atoms with Crippen LogP contribution in [0.1, 0.15) is 18.1 Å². The Balaban J connectivity index is 1.87. The third-order valence-corrected chi connectivity index (χ3v) is 7.44. The van der Waals surface area contributed by atoms with Crippen molar-refractivity contribution in [3.63, 3.8) is 0 Å². The third-order valence-electron chi connectivity index (χ3n) is 7.44. The summed E-state index contributed by atoms with van der Waals surface area (Å²) in [5, 5.41) is 8.62. The van der Waals surface area contributed by atoms with Crippen LogP contribution in [0.3, 0.4) is 0 Å². The van der Waals surface area contributed by atoms with Gasteiger partial charge in [-0.3, -0.25) is 4.98 Å². The summed E-state index contributed by atoms with van der Waals surface area (Å²) >= 11 is 0. The summed E-state index contributed by atoms with van der Waals surface area (Å²) in [6.45, 7) is 9.02. The summed E-state index contributed by atoms with van der Waals surface area (Å²) in [7, 11) is 0. The first kappa shape index (κ1) is 20.0. The molecule has 0 aliphatic rings. The predicted octanol–water partition coefficient (Wildman–Crippen LogP) is 8.08. The van der Waals surface area contributed by atoms with Crippen LogP contribution in [0.15, 0.2) is 91.3 Å². The van der Waals surface area contributed by atoms with Crippen LogP contribution < -0.4 is 5.22 Å². The van der Waals surface area contributed by atoms with Gasteiger partial charge in [-0.1, -0.05) is 61.2 Å². The standard InChI is InChI=1S/C33H24N2/c1-4-9-24-18-27(22-14-16-34-17-15-22)32-26-12-7-8-13-28(26)35-29-19-23-10-5-6-11-25(23)20(2)30(29)21(3)31(24)33(32)35/h4-19H,3H2,1-2H3/b9-4-. The van der Waals surface area contributed by atoms with Gasteiger partial charge < -0.3 is 4.40 Å². The zero-order chi connectivity index (χ0) is 23.7. The Labute approximate surface area is 203 Å². The van der Waals surface area contributed by atoms with Gasteiger partial charge in [0.25, 0.3) is 0 Å². The first-order valence-electron chi connectivity index (χ1n) is 12.0. The largest absolute Gasteiger partial charge is 0.308 e. The molecule has 0 saturated heterocycles. The molecule has 0 N–H and O–H groups in total. The molecule has 0 amide bonds. The molecular formula is C33H24N2. The number of fused-ring (bicyclic) bond motifs is 6. The van der Waals surface area contributed by atoms with E-state index in [1.807, 2.05) is 12.4 Å². The van der Waals surface area contributed by atoms with Crippen LogP contribution in [0.5, 0.6) is 0 Å². The number of aromatic nitrogens is 2. The minimum absolute atomic E-state index is 1.10. The molecule has 0 aliphatic carbocycles. The Morgan fingerprint density at radius 2 is 1.54 bits per heavy atom. The molecule has 2 nitrogen and oxygen atoms in total. The molecule has 166 valence electrons. The highest BCUT2D eigenvalue weighted by molar-refractivity contribution is 6.24. The lowest BCUT2D eigenvalue weighted by Crippen LogP contribution is -2.10. The number of para-hydroxylation sites is 1. The lowest BCUT2D eigenvalue weighted by Gasteiger charge is -2.16. The van der Waals surface area contributed by atoms with Gasteiger partial charge in [-0.15, -0.1) is 0 Å². The van der Waals surface area contributed by atoms with E-state index >= 15 is 0 Å². The quantitative estimate of drug-likeness (QED) is 0.244. The number of hydrogen-bond acceptors (Lipinski definition) is 1. The minimum Gasteiger partial charge on any atom is -0.308 e. The first-order chi connectivity index (χ1) is 17.2. The lowest BCUT2D eigenvalue weighted by molar-refractivity contribution is 1.33. The topological polar surface area (TPSA) is 17.3 Å². The molecule has 4 aromatic carbocycles. The second-order valence-electron chi connectivity index (χ2n) is 9.30. The molecule has 35 heavy (non-hydrogen) atoms. The van der Waals surface area contributed by atoms with Gasteiger partial charge in [0.05, 0.1) is 16.6 Å². The predicted molar refractivity (Wildman–Crippen MR) is 151 cm³/mol. The number of hydrogen-bond donors (Lipinski definition) is 0. The highest BCUT2D eigenvalue weighted by Gasteiger charge is 2.21. The second kappa shape index (κ2) is 7.28. The van der Waals surface area contributed by atoms with Crippen LogP contribution in [0.2, 0.25) is 0 Å².